The molecule has 144 valence electrons. The molecule has 2 atom stereocenters. The van der Waals surface area contributed by atoms with E-state index in [1.165, 1.54) is 15.9 Å². The van der Waals surface area contributed by atoms with Crippen LogP contribution in [-0.2, 0) is 18.3 Å². The number of aryl methyl sites for hydroxylation is 1. The minimum absolute atomic E-state index is 0.294. The largest absolute Gasteiger partial charge is 0.481 e. The van der Waals surface area contributed by atoms with Gasteiger partial charge in [-0.2, -0.15) is 4.80 Å². The van der Waals surface area contributed by atoms with Gasteiger partial charge in [0.05, 0.1) is 13.0 Å². The van der Waals surface area contributed by atoms with Gasteiger partial charge in [0.2, 0.25) is 0 Å². The zero-order chi connectivity index (χ0) is 19.2. The number of carbonyl (C=O) groups is 1. The van der Waals surface area contributed by atoms with Gasteiger partial charge in [0.1, 0.15) is 0 Å². The summed E-state index contributed by atoms with van der Waals surface area (Å²) in [5.74, 6) is -1.12. The van der Waals surface area contributed by atoms with Crippen LogP contribution in [0.1, 0.15) is 49.1 Å². The van der Waals surface area contributed by atoms with Crippen LogP contribution in [-0.4, -0.2) is 44.4 Å². The van der Waals surface area contributed by atoms with Crippen molar-refractivity contribution < 1.29 is 9.90 Å². The molecule has 7 heteroatoms. The van der Waals surface area contributed by atoms with Gasteiger partial charge in [0, 0.05) is 12.5 Å². The first kappa shape index (κ1) is 19.2. The van der Waals surface area contributed by atoms with Crippen molar-refractivity contribution in [3.05, 3.63) is 47.3 Å². The molecule has 0 amide bonds. The van der Waals surface area contributed by atoms with Crippen LogP contribution in [0.4, 0.5) is 0 Å². The van der Waals surface area contributed by atoms with Crippen molar-refractivity contribution in [3.8, 4) is 0 Å². The second-order valence-corrected chi connectivity index (χ2v) is 7.07. The van der Waals surface area contributed by atoms with Crippen LogP contribution in [0, 0.1) is 5.92 Å². The van der Waals surface area contributed by atoms with E-state index in [2.05, 4.69) is 51.1 Å². The lowest BCUT2D eigenvalue weighted by atomic mass is 9.83. The third kappa shape index (κ3) is 4.80. The van der Waals surface area contributed by atoms with E-state index in [-0.39, 0.29) is 5.92 Å². The Morgan fingerprint density at radius 2 is 2.11 bits per heavy atom. The number of aliphatic carboxylic acids is 1. The Kier molecular flexibility index (Phi) is 6.34. The maximum absolute atomic E-state index is 11.9. The third-order valence-electron chi connectivity index (χ3n) is 5.07. The molecule has 2 aromatic rings. The van der Waals surface area contributed by atoms with Crippen LogP contribution in [0.2, 0.25) is 0 Å². The van der Waals surface area contributed by atoms with Crippen molar-refractivity contribution in [1.82, 2.24) is 25.5 Å². The van der Waals surface area contributed by atoms with Gasteiger partial charge in [-0.1, -0.05) is 43.7 Å². The SMILES string of the molecule is CCC[C@H](C(=O)O)[C@H](Cc1ccc(C2=CCCNC2)cc1)c1nnn(C)n1. The Morgan fingerprint density at radius 1 is 1.33 bits per heavy atom. The molecule has 0 saturated carbocycles. The highest BCUT2D eigenvalue weighted by molar-refractivity contribution is 5.71. The van der Waals surface area contributed by atoms with Crippen LogP contribution >= 0.6 is 0 Å². The fourth-order valence-corrected chi connectivity index (χ4v) is 3.64. The molecule has 7 nitrogen and oxygen atoms in total. The summed E-state index contributed by atoms with van der Waals surface area (Å²) in [5, 5.41) is 25.4. The third-order valence-corrected chi connectivity index (χ3v) is 5.07. The predicted molar refractivity (Wildman–Crippen MR) is 103 cm³/mol. The molecule has 27 heavy (non-hydrogen) atoms. The highest BCUT2D eigenvalue weighted by Gasteiger charge is 2.32. The van der Waals surface area contributed by atoms with Gasteiger partial charge in [-0.05, 0) is 47.7 Å². The van der Waals surface area contributed by atoms with E-state index < -0.39 is 11.9 Å². The van der Waals surface area contributed by atoms with E-state index in [9.17, 15) is 9.90 Å². The number of tetrazole rings is 1. The van der Waals surface area contributed by atoms with Crippen LogP contribution in [0.3, 0.4) is 0 Å². The number of rotatable bonds is 8. The lowest BCUT2D eigenvalue weighted by molar-refractivity contribution is -0.143. The minimum Gasteiger partial charge on any atom is -0.481 e. The molecule has 0 saturated heterocycles. The quantitative estimate of drug-likeness (QED) is 0.742. The number of hydrogen-bond acceptors (Lipinski definition) is 5. The average Bonchev–Trinajstić information content (AvgIpc) is 3.12. The molecule has 3 rings (SSSR count). The van der Waals surface area contributed by atoms with Gasteiger partial charge in [0.15, 0.2) is 5.82 Å². The molecular weight excluding hydrogens is 342 g/mol. The summed E-state index contributed by atoms with van der Waals surface area (Å²) in [6.45, 7) is 3.92. The van der Waals surface area contributed by atoms with Crippen molar-refractivity contribution in [2.24, 2.45) is 13.0 Å². The smallest absolute Gasteiger partial charge is 0.307 e. The van der Waals surface area contributed by atoms with Crippen LogP contribution in [0.25, 0.3) is 5.57 Å². The normalized spacial score (nSPS) is 16.6. The molecule has 0 bridgehead atoms. The Morgan fingerprint density at radius 3 is 2.67 bits per heavy atom. The van der Waals surface area contributed by atoms with Crippen molar-refractivity contribution >= 4 is 11.5 Å². The van der Waals surface area contributed by atoms with Crippen molar-refractivity contribution in [3.63, 3.8) is 0 Å². The first-order chi connectivity index (χ1) is 13.1. The van der Waals surface area contributed by atoms with Crippen molar-refractivity contribution in [1.29, 1.82) is 0 Å². The fourth-order valence-electron chi connectivity index (χ4n) is 3.64. The topological polar surface area (TPSA) is 92.9 Å². The van der Waals surface area contributed by atoms with E-state index in [0.717, 1.165) is 31.5 Å². The van der Waals surface area contributed by atoms with Gasteiger partial charge in [-0.25, -0.2) is 0 Å². The van der Waals surface area contributed by atoms with E-state index in [1.807, 2.05) is 6.92 Å². The van der Waals surface area contributed by atoms with E-state index >= 15 is 0 Å². The minimum atomic E-state index is -0.802. The highest BCUT2D eigenvalue weighted by atomic mass is 16.4. The Hall–Kier alpha value is -2.54. The van der Waals surface area contributed by atoms with Gasteiger partial charge < -0.3 is 10.4 Å². The van der Waals surface area contributed by atoms with Gasteiger partial charge >= 0.3 is 5.97 Å². The number of nitrogens with one attached hydrogen (secondary N) is 1. The summed E-state index contributed by atoms with van der Waals surface area (Å²) in [5.41, 5.74) is 3.61. The number of hydrogen-bond donors (Lipinski definition) is 2. The Labute approximate surface area is 159 Å². The summed E-state index contributed by atoms with van der Waals surface area (Å²) < 4.78 is 0. The molecule has 2 N–H and O–H groups in total. The second-order valence-electron chi connectivity index (χ2n) is 7.07. The number of benzene rings is 1. The average molecular weight is 369 g/mol. The molecule has 1 aliphatic heterocycles. The zero-order valence-corrected chi connectivity index (χ0v) is 15.9. The first-order valence-electron chi connectivity index (χ1n) is 9.54. The van der Waals surface area contributed by atoms with Crippen LogP contribution < -0.4 is 5.32 Å². The summed E-state index contributed by atoms with van der Waals surface area (Å²) >= 11 is 0. The first-order valence-corrected chi connectivity index (χ1v) is 9.54. The van der Waals surface area contributed by atoms with Gasteiger partial charge in [0.25, 0.3) is 0 Å². The van der Waals surface area contributed by atoms with Crippen LogP contribution in [0.5, 0.6) is 0 Å². The fraction of sp³-hybridized carbons (Fsp3) is 0.500. The summed E-state index contributed by atoms with van der Waals surface area (Å²) in [4.78, 5) is 13.3. The van der Waals surface area contributed by atoms with E-state index in [0.29, 0.717) is 18.7 Å². The predicted octanol–water partition coefficient (Wildman–Crippen LogP) is 2.41. The monoisotopic (exact) mass is 369 g/mol. The molecule has 2 heterocycles. The standard InChI is InChI=1S/C20H27N5O2/c1-3-5-17(20(26)27)18(19-22-24-25(2)23-19)12-14-7-9-15(10-8-14)16-6-4-11-21-13-16/h6-10,17-18,21H,3-5,11-13H2,1-2H3,(H,26,27)/t17-,18-/m0/s1. The zero-order valence-electron chi connectivity index (χ0n) is 15.9. The number of nitrogens with zero attached hydrogens (tertiary/aromatic N) is 4. The molecule has 0 spiro atoms. The molecular formula is C20H27N5O2. The van der Waals surface area contributed by atoms with Crippen molar-refractivity contribution in [2.75, 3.05) is 13.1 Å². The molecule has 0 unspecified atom stereocenters. The molecule has 0 radical (unpaired) electrons. The van der Waals surface area contributed by atoms with E-state index in [1.54, 1.807) is 7.05 Å². The van der Waals surface area contributed by atoms with E-state index in [4.69, 9.17) is 0 Å². The molecule has 0 aliphatic carbocycles. The highest BCUT2D eigenvalue weighted by Crippen LogP contribution is 2.30. The molecule has 1 aromatic heterocycles. The Bertz CT molecular complexity index is 797. The van der Waals surface area contributed by atoms with Crippen molar-refractivity contribution in [2.45, 2.75) is 38.5 Å². The Balaban J connectivity index is 1.83. The maximum Gasteiger partial charge on any atom is 0.307 e. The summed E-state index contributed by atoms with van der Waals surface area (Å²) in [6.07, 6.45) is 5.30. The number of aromatic nitrogens is 4. The molecule has 1 aliphatic rings. The lowest BCUT2D eigenvalue weighted by Crippen LogP contribution is -2.25. The molecule has 0 fully saturated rings. The number of carboxylic acids is 1. The summed E-state index contributed by atoms with van der Waals surface area (Å²) in [7, 11) is 1.70. The van der Waals surface area contributed by atoms with Gasteiger partial charge in [-0.15, -0.1) is 10.2 Å². The maximum atomic E-state index is 11.9. The molecule has 1 aromatic carbocycles. The summed E-state index contributed by atoms with van der Waals surface area (Å²) in [6, 6.07) is 8.40. The lowest BCUT2D eigenvalue weighted by Gasteiger charge is -2.21. The van der Waals surface area contributed by atoms with Gasteiger partial charge in [-0.3, -0.25) is 4.79 Å². The second kappa shape index (κ2) is 8.90. The van der Waals surface area contributed by atoms with Crippen LogP contribution in [0.15, 0.2) is 30.3 Å². The number of carboxylic acid groups (broad SMARTS) is 1.